The van der Waals surface area contributed by atoms with Crippen molar-refractivity contribution in [2.45, 2.75) is 31.7 Å². The molecule has 2 rings (SSSR count). The van der Waals surface area contributed by atoms with Crippen LogP contribution in [0.1, 0.15) is 24.8 Å². The minimum Gasteiger partial charge on any atom is -0.396 e. The van der Waals surface area contributed by atoms with E-state index in [-0.39, 0.29) is 0 Å². The zero-order chi connectivity index (χ0) is 14.2. The fraction of sp³-hybridized carbons (Fsp3) is 0.688. The zero-order valence-electron chi connectivity index (χ0n) is 12.5. The summed E-state index contributed by atoms with van der Waals surface area (Å²) in [6.07, 6.45) is 8.25. The molecular weight excluding hydrogens is 250 g/mol. The fourth-order valence-electron chi connectivity index (χ4n) is 2.92. The first kappa shape index (κ1) is 15.4. The van der Waals surface area contributed by atoms with E-state index in [0.29, 0.717) is 12.6 Å². The van der Waals surface area contributed by atoms with Crippen LogP contribution in [0.25, 0.3) is 0 Å². The average molecular weight is 277 g/mol. The third-order valence-electron chi connectivity index (χ3n) is 4.32. The van der Waals surface area contributed by atoms with Crippen LogP contribution in [0.2, 0.25) is 0 Å². The average Bonchev–Trinajstić information content (AvgIpc) is 2.52. The SMILES string of the molecule is CN(CCCO)C1CCN(CCc2ccncc2)CC1. The Morgan fingerprint density at radius 1 is 1.30 bits per heavy atom. The quantitative estimate of drug-likeness (QED) is 0.818. The largest absolute Gasteiger partial charge is 0.396 e. The Morgan fingerprint density at radius 3 is 2.65 bits per heavy atom. The summed E-state index contributed by atoms with van der Waals surface area (Å²) < 4.78 is 0. The van der Waals surface area contributed by atoms with Crippen LogP contribution in [0.5, 0.6) is 0 Å². The van der Waals surface area contributed by atoms with E-state index < -0.39 is 0 Å². The molecule has 20 heavy (non-hydrogen) atoms. The maximum atomic E-state index is 8.89. The van der Waals surface area contributed by atoms with Crippen molar-refractivity contribution in [2.75, 3.05) is 39.8 Å². The molecule has 0 atom stereocenters. The van der Waals surface area contributed by atoms with Gasteiger partial charge in [-0.1, -0.05) is 0 Å². The van der Waals surface area contributed by atoms with E-state index in [4.69, 9.17) is 5.11 Å². The van der Waals surface area contributed by atoms with Crippen molar-refractivity contribution in [1.82, 2.24) is 14.8 Å². The first-order chi connectivity index (χ1) is 9.79. The van der Waals surface area contributed by atoms with Gasteiger partial charge in [0.2, 0.25) is 0 Å². The van der Waals surface area contributed by atoms with Gasteiger partial charge in [-0.05, 0) is 63.5 Å². The van der Waals surface area contributed by atoms with Crippen LogP contribution < -0.4 is 0 Å². The second-order valence-electron chi connectivity index (χ2n) is 5.74. The minimum atomic E-state index is 0.301. The van der Waals surface area contributed by atoms with E-state index in [1.54, 1.807) is 0 Å². The zero-order valence-corrected chi connectivity index (χ0v) is 12.5. The Bertz CT molecular complexity index is 363. The highest BCUT2D eigenvalue weighted by Crippen LogP contribution is 2.16. The lowest BCUT2D eigenvalue weighted by Crippen LogP contribution is -2.44. The lowest BCUT2D eigenvalue weighted by atomic mass is 10.0. The van der Waals surface area contributed by atoms with Gasteiger partial charge in [-0.2, -0.15) is 0 Å². The fourth-order valence-corrected chi connectivity index (χ4v) is 2.92. The van der Waals surface area contributed by atoms with Crippen LogP contribution in [0.4, 0.5) is 0 Å². The summed E-state index contributed by atoms with van der Waals surface area (Å²) >= 11 is 0. The van der Waals surface area contributed by atoms with Gasteiger partial charge in [-0.25, -0.2) is 0 Å². The first-order valence-corrected chi connectivity index (χ1v) is 7.72. The van der Waals surface area contributed by atoms with Crippen LogP contribution in [-0.2, 0) is 6.42 Å². The van der Waals surface area contributed by atoms with Gasteiger partial charge < -0.3 is 14.9 Å². The number of likely N-dealkylation sites (tertiary alicyclic amines) is 1. The van der Waals surface area contributed by atoms with E-state index in [2.05, 4.69) is 34.0 Å². The molecule has 4 heteroatoms. The molecule has 0 aliphatic carbocycles. The lowest BCUT2D eigenvalue weighted by Gasteiger charge is -2.36. The molecule has 1 aliphatic heterocycles. The standard InChI is InChI=1S/C16H27N3O/c1-18(10-2-14-20)16-6-12-19(13-7-16)11-5-15-3-8-17-9-4-15/h3-4,8-9,16,20H,2,5-7,10-14H2,1H3. The number of rotatable bonds is 7. The number of hydrogen-bond donors (Lipinski definition) is 1. The van der Waals surface area contributed by atoms with E-state index in [1.807, 2.05) is 12.4 Å². The summed E-state index contributed by atoms with van der Waals surface area (Å²) in [5, 5.41) is 8.89. The van der Waals surface area contributed by atoms with E-state index in [9.17, 15) is 0 Å². The normalized spacial score (nSPS) is 17.8. The Labute approximate surface area is 122 Å². The molecular formula is C16H27N3O. The Hall–Kier alpha value is -0.970. The molecule has 0 amide bonds. The lowest BCUT2D eigenvalue weighted by molar-refractivity contribution is 0.122. The highest BCUT2D eigenvalue weighted by Gasteiger charge is 2.21. The van der Waals surface area contributed by atoms with Crippen LogP contribution in [-0.4, -0.2) is 65.8 Å². The van der Waals surface area contributed by atoms with Crippen LogP contribution in [0.15, 0.2) is 24.5 Å². The van der Waals surface area contributed by atoms with Gasteiger partial charge in [0.15, 0.2) is 0 Å². The molecule has 1 aromatic heterocycles. The summed E-state index contributed by atoms with van der Waals surface area (Å²) in [7, 11) is 2.19. The monoisotopic (exact) mass is 277 g/mol. The minimum absolute atomic E-state index is 0.301. The molecule has 112 valence electrons. The molecule has 0 spiro atoms. The van der Waals surface area contributed by atoms with E-state index in [1.165, 1.54) is 31.5 Å². The second kappa shape index (κ2) is 8.35. The molecule has 1 aliphatic rings. The molecule has 0 aromatic carbocycles. The Morgan fingerprint density at radius 2 is 2.00 bits per heavy atom. The number of piperidine rings is 1. The van der Waals surface area contributed by atoms with Gasteiger partial charge >= 0.3 is 0 Å². The van der Waals surface area contributed by atoms with Gasteiger partial charge in [0.1, 0.15) is 0 Å². The molecule has 2 heterocycles. The number of aromatic nitrogens is 1. The molecule has 4 nitrogen and oxygen atoms in total. The molecule has 1 N–H and O–H groups in total. The van der Waals surface area contributed by atoms with Crippen LogP contribution in [0, 0.1) is 0 Å². The highest BCUT2D eigenvalue weighted by molar-refractivity contribution is 5.09. The van der Waals surface area contributed by atoms with Crippen LogP contribution in [0.3, 0.4) is 0 Å². The molecule has 0 radical (unpaired) electrons. The smallest absolute Gasteiger partial charge is 0.0443 e. The predicted molar refractivity (Wildman–Crippen MR) is 81.7 cm³/mol. The molecule has 0 unspecified atom stereocenters. The number of aliphatic hydroxyl groups excluding tert-OH is 1. The maximum absolute atomic E-state index is 8.89. The number of pyridine rings is 1. The first-order valence-electron chi connectivity index (χ1n) is 7.72. The summed E-state index contributed by atoms with van der Waals surface area (Å²) in [6, 6.07) is 4.91. The molecule has 0 bridgehead atoms. The molecule has 1 saturated heterocycles. The van der Waals surface area contributed by atoms with Crippen molar-refractivity contribution in [1.29, 1.82) is 0 Å². The van der Waals surface area contributed by atoms with Gasteiger partial charge in [-0.3, -0.25) is 4.98 Å². The van der Waals surface area contributed by atoms with Crippen LogP contribution >= 0.6 is 0 Å². The predicted octanol–water partition coefficient (Wildman–Crippen LogP) is 1.40. The van der Waals surface area contributed by atoms with E-state index >= 15 is 0 Å². The van der Waals surface area contributed by atoms with Crippen molar-refractivity contribution in [3.63, 3.8) is 0 Å². The second-order valence-corrected chi connectivity index (χ2v) is 5.74. The maximum Gasteiger partial charge on any atom is 0.0443 e. The van der Waals surface area contributed by atoms with Crippen molar-refractivity contribution < 1.29 is 5.11 Å². The topological polar surface area (TPSA) is 39.6 Å². The molecule has 1 aromatic rings. The Balaban J connectivity index is 1.66. The summed E-state index contributed by atoms with van der Waals surface area (Å²) in [6.45, 7) is 4.85. The van der Waals surface area contributed by atoms with Crippen molar-refractivity contribution >= 4 is 0 Å². The van der Waals surface area contributed by atoms with Gasteiger partial charge in [0.25, 0.3) is 0 Å². The van der Waals surface area contributed by atoms with Gasteiger partial charge in [0.05, 0.1) is 0 Å². The van der Waals surface area contributed by atoms with Crippen molar-refractivity contribution in [3.8, 4) is 0 Å². The summed E-state index contributed by atoms with van der Waals surface area (Å²) in [4.78, 5) is 9.04. The third-order valence-corrected chi connectivity index (χ3v) is 4.32. The Kier molecular flexibility index (Phi) is 6.43. The molecule has 0 saturated carbocycles. The third kappa shape index (κ3) is 4.85. The van der Waals surface area contributed by atoms with Gasteiger partial charge in [0, 0.05) is 38.1 Å². The highest BCUT2D eigenvalue weighted by atomic mass is 16.3. The number of aliphatic hydroxyl groups is 1. The molecule has 1 fully saturated rings. The van der Waals surface area contributed by atoms with Gasteiger partial charge in [-0.15, -0.1) is 0 Å². The van der Waals surface area contributed by atoms with Crippen molar-refractivity contribution in [2.24, 2.45) is 0 Å². The number of nitrogens with zero attached hydrogens (tertiary/aromatic N) is 3. The summed E-state index contributed by atoms with van der Waals surface area (Å²) in [5.74, 6) is 0. The number of hydrogen-bond acceptors (Lipinski definition) is 4. The summed E-state index contributed by atoms with van der Waals surface area (Å²) in [5.41, 5.74) is 1.38. The van der Waals surface area contributed by atoms with Crippen molar-refractivity contribution in [3.05, 3.63) is 30.1 Å². The van der Waals surface area contributed by atoms with E-state index in [0.717, 1.165) is 25.9 Å².